The molecule has 104 valence electrons. The zero-order chi connectivity index (χ0) is 13.1. The first-order valence-corrected chi connectivity index (χ1v) is 7.95. The van der Waals surface area contributed by atoms with Crippen molar-refractivity contribution in [1.82, 2.24) is 4.90 Å². The van der Waals surface area contributed by atoms with E-state index in [9.17, 15) is 0 Å². The lowest BCUT2D eigenvalue weighted by atomic mass is 9.94. The first-order chi connectivity index (χ1) is 9.38. The Balaban J connectivity index is 1.67. The molecule has 0 saturated carbocycles. The second-order valence-electron chi connectivity index (χ2n) is 6.10. The van der Waals surface area contributed by atoms with Crippen molar-refractivity contribution in [2.45, 2.75) is 51.0 Å². The van der Waals surface area contributed by atoms with E-state index in [1.54, 1.807) is 0 Å². The Morgan fingerprint density at radius 3 is 3.05 bits per heavy atom. The quantitative estimate of drug-likeness (QED) is 0.882. The maximum absolute atomic E-state index is 3.56. The van der Waals surface area contributed by atoms with Gasteiger partial charge in [0.15, 0.2) is 0 Å². The van der Waals surface area contributed by atoms with Gasteiger partial charge in [-0.1, -0.05) is 38.0 Å². The molecule has 1 saturated heterocycles. The van der Waals surface area contributed by atoms with Crippen molar-refractivity contribution >= 4 is 5.69 Å². The molecule has 2 heteroatoms. The largest absolute Gasteiger partial charge is 0.384 e. The van der Waals surface area contributed by atoms with Gasteiger partial charge < -0.3 is 5.32 Å². The van der Waals surface area contributed by atoms with Crippen LogP contribution in [-0.2, 0) is 0 Å². The number of likely N-dealkylation sites (tertiary alicyclic amines) is 1. The number of nitrogens with one attached hydrogen (secondary N) is 1. The molecule has 0 bridgehead atoms. The van der Waals surface area contributed by atoms with Gasteiger partial charge in [0.2, 0.25) is 0 Å². The number of fused-ring (bicyclic) bond motifs is 1. The standard InChI is InChI=1S/C17H26N2/c1-2-7-15-8-5-6-11-19(15)13-14-12-18-17-10-4-3-9-16(14)17/h3-4,9-10,14-15,18H,2,5-8,11-13H2,1H3. The minimum absolute atomic E-state index is 0.689. The van der Waals surface area contributed by atoms with Crippen LogP contribution in [0.2, 0.25) is 0 Å². The summed E-state index contributed by atoms with van der Waals surface area (Å²) >= 11 is 0. The lowest BCUT2D eigenvalue weighted by Crippen LogP contribution is -2.42. The number of rotatable bonds is 4. The van der Waals surface area contributed by atoms with E-state index >= 15 is 0 Å². The van der Waals surface area contributed by atoms with Crippen LogP contribution in [0.15, 0.2) is 24.3 Å². The topological polar surface area (TPSA) is 15.3 Å². The van der Waals surface area contributed by atoms with Gasteiger partial charge >= 0.3 is 0 Å². The summed E-state index contributed by atoms with van der Waals surface area (Å²) in [6.07, 6.45) is 6.93. The molecule has 0 aromatic heterocycles. The van der Waals surface area contributed by atoms with E-state index in [4.69, 9.17) is 0 Å². The third kappa shape index (κ3) is 2.79. The molecule has 2 atom stereocenters. The zero-order valence-electron chi connectivity index (χ0n) is 12.1. The van der Waals surface area contributed by atoms with Crippen LogP contribution in [0.4, 0.5) is 5.69 Å². The van der Waals surface area contributed by atoms with Crippen LogP contribution in [-0.4, -0.2) is 30.6 Å². The number of nitrogens with zero attached hydrogens (tertiary/aromatic N) is 1. The molecule has 1 aromatic rings. The highest BCUT2D eigenvalue weighted by Crippen LogP contribution is 2.33. The molecule has 1 fully saturated rings. The molecule has 2 nitrogen and oxygen atoms in total. The number of piperidine rings is 1. The van der Waals surface area contributed by atoms with Crippen molar-refractivity contribution in [2.24, 2.45) is 0 Å². The van der Waals surface area contributed by atoms with Crippen molar-refractivity contribution in [3.8, 4) is 0 Å². The second kappa shape index (κ2) is 5.96. The highest BCUT2D eigenvalue weighted by atomic mass is 15.2. The molecule has 2 aliphatic rings. The van der Waals surface area contributed by atoms with Crippen LogP contribution in [0.3, 0.4) is 0 Å². The number of para-hydroxylation sites is 1. The van der Waals surface area contributed by atoms with E-state index in [0.717, 1.165) is 12.6 Å². The molecular weight excluding hydrogens is 232 g/mol. The number of hydrogen-bond donors (Lipinski definition) is 1. The molecule has 1 N–H and O–H groups in total. The van der Waals surface area contributed by atoms with Crippen LogP contribution in [0, 0.1) is 0 Å². The maximum Gasteiger partial charge on any atom is 0.0376 e. The molecular formula is C17H26N2. The fraction of sp³-hybridized carbons (Fsp3) is 0.647. The lowest BCUT2D eigenvalue weighted by Gasteiger charge is -2.37. The molecule has 2 aliphatic heterocycles. The van der Waals surface area contributed by atoms with E-state index in [0.29, 0.717) is 5.92 Å². The highest BCUT2D eigenvalue weighted by Gasteiger charge is 2.28. The van der Waals surface area contributed by atoms with Gasteiger partial charge in [-0.05, 0) is 37.4 Å². The summed E-state index contributed by atoms with van der Waals surface area (Å²) < 4.78 is 0. The molecule has 19 heavy (non-hydrogen) atoms. The maximum atomic E-state index is 3.56. The van der Waals surface area contributed by atoms with Crippen molar-refractivity contribution in [1.29, 1.82) is 0 Å². The number of anilines is 1. The van der Waals surface area contributed by atoms with Gasteiger partial charge in [0.25, 0.3) is 0 Å². The fourth-order valence-electron chi connectivity index (χ4n) is 3.76. The Morgan fingerprint density at radius 2 is 2.16 bits per heavy atom. The van der Waals surface area contributed by atoms with Gasteiger partial charge in [0.1, 0.15) is 0 Å². The van der Waals surface area contributed by atoms with E-state index in [1.165, 1.54) is 56.4 Å². The molecule has 2 unspecified atom stereocenters. The minimum Gasteiger partial charge on any atom is -0.384 e. The van der Waals surface area contributed by atoms with Gasteiger partial charge in [-0.15, -0.1) is 0 Å². The lowest BCUT2D eigenvalue weighted by molar-refractivity contribution is 0.133. The monoisotopic (exact) mass is 258 g/mol. The minimum atomic E-state index is 0.689. The summed E-state index contributed by atoms with van der Waals surface area (Å²) in [5.41, 5.74) is 2.89. The predicted octanol–water partition coefficient (Wildman–Crippen LogP) is 3.85. The first kappa shape index (κ1) is 13.0. The third-order valence-corrected chi connectivity index (χ3v) is 4.77. The van der Waals surface area contributed by atoms with Crippen molar-refractivity contribution in [3.05, 3.63) is 29.8 Å². The van der Waals surface area contributed by atoms with Gasteiger partial charge in [0, 0.05) is 30.7 Å². The summed E-state index contributed by atoms with van der Waals surface area (Å²) in [6.45, 7) is 5.99. The summed E-state index contributed by atoms with van der Waals surface area (Å²) in [4.78, 5) is 2.77. The fourth-order valence-corrected chi connectivity index (χ4v) is 3.76. The van der Waals surface area contributed by atoms with E-state index in [2.05, 4.69) is 41.4 Å². The average molecular weight is 258 g/mol. The molecule has 0 amide bonds. The van der Waals surface area contributed by atoms with E-state index < -0.39 is 0 Å². The van der Waals surface area contributed by atoms with Crippen LogP contribution in [0.25, 0.3) is 0 Å². The Hall–Kier alpha value is -1.02. The zero-order valence-corrected chi connectivity index (χ0v) is 12.1. The van der Waals surface area contributed by atoms with Gasteiger partial charge in [0.05, 0.1) is 0 Å². The smallest absolute Gasteiger partial charge is 0.0376 e. The Labute approximate surface area is 117 Å². The summed E-state index contributed by atoms with van der Waals surface area (Å²) in [5.74, 6) is 0.689. The molecule has 1 aromatic carbocycles. The van der Waals surface area contributed by atoms with Gasteiger partial charge in [-0.3, -0.25) is 4.90 Å². The predicted molar refractivity (Wildman–Crippen MR) is 81.8 cm³/mol. The summed E-state index contributed by atoms with van der Waals surface area (Å²) in [5, 5.41) is 3.56. The van der Waals surface area contributed by atoms with Crippen molar-refractivity contribution in [2.75, 3.05) is 25.0 Å². The molecule has 0 spiro atoms. The molecule has 0 radical (unpaired) electrons. The first-order valence-electron chi connectivity index (χ1n) is 7.95. The Kier molecular flexibility index (Phi) is 4.07. The van der Waals surface area contributed by atoms with Crippen LogP contribution < -0.4 is 5.32 Å². The van der Waals surface area contributed by atoms with Crippen LogP contribution in [0.5, 0.6) is 0 Å². The van der Waals surface area contributed by atoms with Crippen molar-refractivity contribution in [3.63, 3.8) is 0 Å². The van der Waals surface area contributed by atoms with E-state index in [1.807, 2.05) is 0 Å². The Morgan fingerprint density at radius 1 is 1.26 bits per heavy atom. The van der Waals surface area contributed by atoms with Gasteiger partial charge in [-0.2, -0.15) is 0 Å². The number of benzene rings is 1. The third-order valence-electron chi connectivity index (χ3n) is 4.77. The average Bonchev–Trinajstić information content (AvgIpc) is 2.85. The highest BCUT2D eigenvalue weighted by molar-refractivity contribution is 5.57. The van der Waals surface area contributed by atoms with Crippen molar-refractivity contribution < 1.29 is 0 Å². The molecule has 0 aliphatic carbocycles. The normalized spacial score (nSPS) is 27.0. The van der Waals surface area contributed by atoms with Crippen LogP contribution in [0.1, 0.15) is 50.5 Å². The molecule has 2 heterocycles. The summed E-state index contributed by atoms with van der Waals surface area (Å²) in [7, 11) is 0. The molecule has 3 rings (SSSR count). The second-order valence-corrected chi connectivity index (χ2v) is 6.10. The van der Waals surface area contributed by atoms with Crippen LogP contribution >= 0.6 is 0 Å². The van der Waals surface area contributed by atoms with E-state index in [-0.39, 0.29) is 0 Å². The summed E-state index contributed by atoms with van der Waals surface area (Å²) in [6, 6.07) is 9.67. The number of hydrogen-bond acceptors (Lipinski definition) is 2. The van der Waals surface area contributed by atoms with Gasteiger partial charge in [-0.25, -0.2) is 0 Å². The Bertz CT molecular complexity index is 413. The SMILES string of the molecule is CCCC1CCCCN1CC1CNc2ccccc21.